The van der Waals surface area contributed by atoms with E-state index >= 15 is 0 Å². The molecule has 1 saturated carbocycles. The minimum atomic E-state index is -0.476. The number of rotatable bonds is 3. The van der Waals surface area contributed by atoms with E-state index in [2.05, 4.69) is 17.5 Å². The SMILES string of the molecule is C1CCCCC1.CN.CN.N=Cc1ccc2cc(C(N)=O)n(-c3ccc4ccccc4c3)c2c1. The van der Waals surface area contributed by atoms with Gasteiger partial charge in [0, 0.05) is 17.3 Å². The van der Waals surface area contributed by atoms with Crippen LogP contribution in [0, 0.1) is 5.41 Å². The fraction of sp³-hybridized carbons (Fsp3) is 0.286. The van der Waals surface area contributed by atoms with Crippen LogP contribution in [0.1, 0.15) is 54.6 Å². The second kappa shape index (κ2) is 13.9. The summed E-state index contributed by atoms with van der Waals surface area (Å²) in [4.78, 5) is 11.9. The third-order valence-electron chi connectivity index (χ3n) is 5.74. The summed E-state index contributed by atoms with van der Waals surface area (Å²) < 4.78 is 1.86. The zero-order chi connectivity index (χ0) is 24.9. The molecule has 1 aromatic heterocycles. The van der Waals surface area contributed by atoms with Crippen molar-refractivity contribution in [1.82, 2.24) is 4.57 Å². The van der Waals surface area contributed by atoms with E-state index in [1.54, 1.807) is 6.07 Å². The lowest BCUT2D eigenvalue weighted by Crippen LogP contribution is -2.15. The molecule has 4 aromatic rings. The van der Waals surface area contributed by atoms with Gasteiger partial charge in [-0.2, -0.15) is 0 Å². The summed E-state index contributed by atoms with van der Waals surface area (Å²) in [5.74, 6) is -0.476. The van der Waals surface area contributed by atoms with Gasteiger partial charge in [0.25, 0.3) is 5.91 Å². The first-order chi connectivity index (χ1) is 16.7. The van der Waals surface area contributed by atoms with E-state index < -0.39 is 5.91 Å². The van der Waals surface area contributed by atoms with Crippen LogP contribution in [-0.2, 0) is 0 Å². The Morgan fingerprint density at radius 2 is 1.32 bits per heavy atom. The van der Waals surface area contributed by atoms with Gasteiger partial charge in [-0.1, -0.05) is 81.0 Å². The number of benzene rings is 3. The molecule has 6 heteroatoms. The van der Waals surface area contributed by atoms with Crippen molar-refractivity contribution in [3.05, 3.63) is 78.0 Å². The van der Waals surface area contributed by atoms with Crippen LogP contribution >= 0.6 is 0 Å². The number of hydrogen-bond acceptors (Lipinski definition) is 4. The smallest absolute Gasteiger partial charge is 0.265 e. The summed E-state index contributed by atoms with van der Waals surface area (Å²) in [7, 11) is 3.00. The number of nitrogens with zero attached hydrogens (tertiary/aromatic N) is 1. The molecule has 0 aliphatic heterocycles. The Hall–Kier alpha value is -3.48. The van der Waals surface area contributed by atoms with Crippen molar-refractivity contribution in [1.29, 1.82) is 5.41 Å². The summed E-state index contributed by atoms with van der Waals surface area (Å²) in [5.41, 5.74) is 17.5. The number of hydrogen-bond donors (Lipinski definition) is 4. The van der Waals surface area contributed by atoms with Crippen molar-refractivity contribution in [2.45, 2.75) is 38.5 Å². The summed E-state index contributed by atoms with van der Waals surface area (Å²) in [6.45, 7) is 0. The Bertz CT molecular complexity index is 1200. The van der Waals surface area contributed by atoms with Crippen LogP contribution in [0.15, 0.2) is 66.7 Å². The number of carbonyl (C=O) groups is 1. The number of carbonyl (C=O) groups excluding carboxylic acids is 1. The van der Waals surface area contributed by atoms with Crippen molar-refractivity contribution < 1.29 is 4.79 Å². The van der Waals surface area contributed by atoms with Crippen LogP contribution in [-0.4, -0.2) is 30.8 Å². The second-order valence-electron chi connectivity index (χ2n) is 7.84. The minimum absolute atomic E-state index is 0.433. The molecule has 0 unspecified atom stereocenters. The van der Waals surface area contributed by atoms with Crippen LogP contribution in [0.25, 0.3) is 27.4 Å². The monoisotopic (exact) mass is 459 g/mol. The maximum atomic E-state index is 11.9. The van der Waals surface area contributed by atoms with Crippen LogP contribution in [0.2, 0.25) is 0 Å². The fourth-order valence-electron chi connectivity index (χ4n) is 4.14. The summed E-state index contributed by atoms with van der Waals surface area (Å²) >= 11 is 0. The lowest BCUT2D eigenvalue weighted by Gasteiger charge is -2.10. The molecule has 6 nitrogen and oxygen atoms in total. The molecule has 1 heterocycles. The number of nitrogens with two attached hydrogens (primary N) is 3. The number of amides is 1. The van der Waals surface area contributed by atoms with Gasteiger partial charge < -0.3 is 27.2 Å². The van der Waals surface area contributed by atoms with Gasteiger partial charge >= 0.3 is 0 Å². The number of nitrogens with one attached hydrogen (secondary N) is 1. The van der Waals surface area contributed by atoms with Crippen LogP contribution in [0.3, 0.4) is 0 Å². The van der Waals surface area contributed by atoms with Gasteiger partial charge in [0.05, 0.1) is 5.52 Å². The van der Waals surface area contributed by atoms with Gasteiger partial charge in [0.1, 0.15) is 5.69 Å². The largest absolute Gasteiger partial charge is 0.364 e. The molecule has 34 heavy (non-hydrogen) atoms. The Labute approximate surface area is 202 Å². The van der Waals surface area contributed by atoms with E-state index in [9.17, 15) is 4.79 Å². The predicted octanol–water partition coefficient (Wildman–Crippen LogP) is 5.37. The van der Waals surface area contributed by atoms with E-state index in [0.29, 0.717) is 5.69 Å². The first kappa shape index (κ1) is 26.8. The Morgan fingerprint density at radius 3 is 1.88 bits per heavy atom. The highest BCUT2D eigenvalue weighted by atomic mass is 16.1. The second-order valence-corrected chi connectivity index (χ2v) is 7.84. The summed E-state index contributed by atoms with van der Waals surface area (Å²) in [5, 5.41) is 10.6. The number of fused-ring (bicyclic) bond motifs is 2. The van der Waals surface area contributed by atoms with Crippen LogP contribution < -0.4 is 17.2 Å². The summed E-state index contributed by atoms with van der Waals surface area (Å²) in [6, 6.07) is 21.6. The van der Waals surface area contributed by atoms with Gasteiger partial charge in [-0.15, -0.1) is 0 Å². The molecular formula is C28H37N5O. The van der Waals surface area contributed by atoms with E-state index in [4.69, 9.17) is 11.1 Å². The Kier molecular flexibility index (Phi) is 11.0. The van der Waals surface area contributed by atoms with Gasteiger partial charge in [0.15, 0.2) is 0 Å². The van der Waals surface area contributed by atoms with E-state index in [1.807, 2.05) is 59.2 Å². The van der Waals surface area contributed by atoms with Gasteiger partial charge in [0.2, 0.25) is 0 Å². The highest BCUT2D eigenvalue weighted by Gasteiger charge is 2.15. The van der Waals surface area contributed by atoms with Crippen LogP contribution in [0.5, 0.6) is 0 Å². The molecule has 3 aromatic carbocycles. The van der Waals surface area contributed by atoms with E-state index in [1.165, 1.54) is 58.8 Å². The predicted molar refractivity (Wildman–Crippen MR) is 145 cm³/mol. The van der Waals surface area contributed by atoms with Crippen molar-refractivity contribution in [2.24, 2.45) is 17.2 Å². The molecular weight excluding hydrogens is 422 g/mol. The maximum Gasteiger partial charge on any atom is 0.265 e. The lowest BCUT2D eigenvalue weighted by atomic mass is 10.0. The molecule has 1 fully saturated rings. The zero-order valence-corrected chi connectivity index (χ0v) is 20.3. The van der Waals surface area contributed by atoms with E-state index in [0.717, 1.165) is 32.9 Å². The molecule has 0 spiro atoms. The average molecular weight is 460 g/mol. The number of aromatic nitrogens is 1. The quantitative estimate of drug-likeness (QED) is 0.308. The fourth-order valence-corrected chi connectivity index (χ4v) is 4.14. The molecule has 0 radical (unpaired) electrons. The molecule has 1 amide bonds. The van der Waals surface area contributed by atoms with Crippen molar-refractivity contribution in [3.8, 4) is 5.69 Å². The van der Waals surface area contributed by atoms with Gasteiger partial charge in [-0.3, -0.25) is 4.79 Å². The van der Waals surface area contributed by atoms with Gasteiger partial charge in [-0.05, 0) is 54.7 Å². The third-order valence-corrected chi connectivity index (χ3v) is 5.74. The molecule has 5 rings (SSSR count). The first-order valence-electron chi connectivity index (χ1n) is 11.8. The number of primary amides is 1. The molecule has 0 saturated heterocycles. The summed E-state index contributed by atoms with van der Waals surface area (Å²) in [6.07, 6.45) is 10.3. The highest BCUT2D eigenvalue weighted by Crippen LogP contribution is 2.27. The normalized spacial score (nSPS) is 12.4. The molecule has 0 bridgehead atoms. The lowest BCUT2D eigenvalue weighted by molar-refractivity contribution is 0.0994. The standard InChI is InChI=1S/C20H15N3O.C6H12.2CH5N/c21-12-13-5-6-16-11-19(20(22)24)23(18(16)9-13)17-8-7-14-3-1-2-4-15(14)10-17;1-2-4-6-5-3-1;2*1-2/h1-12,21H,(H2,22,24);1-6H2;2*2H2,1H3. The minimum Gasteiger partial charge on any atom is -0.364 e. The van der Waals surface area contributed by atoms with Crippen molar-refractivity contribution in [2.75, 3.05) is 14.1 Å². The van der Waals surface area contributed by atoms with Crippen molar-refractivity contribution >= 4 is 33.8 Å². The molecule has 1 aliphatic carbocycles. The van der Waals surface area contributed by atoms with Crippen LogP contribution in [0.4, 0.5) is 0 Å². The molecule has 180 valence electrons. The first-order valence-corrected chi connectivity index (χ1v) is 11.8. The molecule has 1 aliphatic rings. The third kappa shape index (κ3) is 6.53. The Balaban J connectivity index is 0.000000347. The maximum absolute atomic E-state index is 11.9. The van der Waals surface area contributed by atoms with Gasteiger partial charge in [-0.25, -0.2) is 0 Å². The molecule has 7 N–H and O–H groups in total. The highest BCUT2D eigenvalue weighted by molar-refractivity contribution is 6.00. The van der Waals surface area contributed by atoms with E-state index in [-0.39, 0.29) is 0 Å². The topological polar surface area (TPSA) is 124 Å². The zero-order valence-electron chi connectivity index (χ0n) is 20.3. The average Bonchev–Trinajstić information content (AvgIpc) is 3.31. The Morgan fingerprint density at radius 1 is 0.765 bits per heavy atom. The molecule has 0 atom stereocenters. The van der Waals surface area contributed by atoms with Crippen molar-refractivity contribution in [3.63, 3.8) is 0 Å².